The number of nitriles is 1. The number of nitrogens with one attached hydrogen (secondary N) is 2. The lowest BCUT2D eigenvalue weighted by Gasteiger charge is -2.41. The molecule has 3 unspecified atom stereocenters. The summed E-state index contributed by atoms with van der Waals surface area (Å²) in [5, 5.41) is 26.6. The number of amides is 2. The number of alkyl halides is 3. The molecule has 1 aliphatic heterocycles. The summed E-state index contributed by atoms with van der Waals surface area (Å²) < 4.78 is 43.8. The first-order valence-electron chi connectivity index (χ1n) is 11.7. The fraction of sp³-hybridized carbons (Fsp3) is 0.435. The molecule has 2 aliphatic rings. The molecule has 0 aromatic carbocycles. The van der Waals surface area contributed by atoms with Crippen LogP contribution >= 0.6 is 0 Å². The summed E-state index contributed by atoms with van der Waals surface area (Å²) in [5.74, 6) is -1.74. The van der Waals surface area contributed by atoms with E-state index in [4.69, 9.17) is 0 Å². The lowest BCUT2D eigenvalue weighted by Crippen LogP contribution is -2.47. The number of pyridine rings is 1. The van der Waals surface area contributed by atoms with Crippen LogP contribution in [0, 0.1) is 30.1 Å². The Morgan fingerprint density at radius 3 is 2.68 bits per heavy atom. The second kappa shape index (κ2) is 9.30. The maximum Gasteiger partial charge on any atom is 0.433 e. The van der Waals surface area contributed by atoms with Crippen LogP contribution in [0.1, 0.15) is 59.0 Å². The maximum atomic E-state index is 14.3. The third-order valence-electron chi connectivity index (χ3n) is 6.93. The first-order valence-corrected chi connectivity index (χ1v) is 11.7. The molecule has 4 heterocycles. The fourth-order valence-corrected chi connectivity index (χ4v) is 5.29. The van der Waals surface area contributed by atoms with Gasteiger partial charge in [-0.3, -0.25) is 14.3 Å². The van der Waals surface area contributed by atoms with Crippen LogP contribution in [-0.2, 0) is 11.0 Å². The number of rotatable bonds is 4. The van der Waals surface area contributed by atoms with E-state index in [1.807, 2.05) is 6.07 Å². The number of fused-ring (bicyclic) bond motifs is 1. The normalized spacial score (nSPS) is 21.6. The highest BCUT2D eigenvalue weighted by atomic mass is 19.4. The zero-order valence-corrected chi connectivity index (χ0v) is 19.7. The van der Waals surface area contributed by atoms with Crippen molar-refractivity contribution in [2.24, 2.45) is 11.8 Å². The van der Waals surface area contributed by atoms with Gasteiger partial charge in [0.1, 0.15) is 11.6 Å². The summed E-state index contributed by atoms with van der Waals surface area (Å²) in [6.07, 6.45) is 1.000. The Bertz CT molecular complexity index is 1390. The molecule has 2 N–H and O–H groups in total. The van der Waals surface area contributed by atoms with Crippen molar-refractivity contribution in [2.45, 2.75) is 44.8 Å². The largest absolute Gasteiger partial charge is 0.433 e. The van der Waals surface area contributed by atoms with Crippen LogP contribution in [0.3, 0.4) is 0 Å². The summed E-state index contributed by atoms with van der Waals surface area (Å²) in [7, 11) is 0. The van der Waals surface area contributed by atoms with Gasteiger partial charge in [0.2, 0.25) is 5.91 Å². The summed E-state index contributed by atoms with van der Waals surface area (Å²) in [5.41, 5.74) is -1.47. The number of nitrogens with zero attached hydrogens (tertiary/aromatic N) is 7. The van der Waals surface area contributed by atoms with Crippen LogP contribution in [0.25, 0.3) is 5.82 Å². The van der Waals surface area contributed by atoms with Gasteiger partial charge < -0.3 is 10.6 Å². The third kappa shape index (κ3) is 4.41. The Kier molecular flexibility index (Phi) is 6.14. The number of hydrogen-bond acceptors (Lipinski definition) is 7. The number of anilines is 1. The highest BCUT2D eigenvalue weighted by molar-refractivity contribution is 6.05. The fourth-order valence-electron chi connectivity index (χ4n) is 5.29. The van der Waals surface area contributed by atoms with E-state index in [1.165, 1.54) is 25.4 Å². The van der Waals surface area contributed by atoms with Crippen LogP contribution in [-0.4, -0.2) is 48.1 Å². The summed E-state index contributed by atoms with van der Waals surface area (Å²) in [6, 6.07) is 2.59. The number of halogens is 3. The second-order valence-electron chi connectivity index (χ2n) is 9.07. The van der Waals surface area contributed by atoms with Crippen LogP contribution in [0.5, 0.6) is 0 Å². The molecule has 192 valence electrons. The SMILES string of the molecule is Cc1nc(-n2nccn2)c(C#N)cc1NC(=O)c1cnn(C2CCCC3C(=O)NCCC32)c1C(F)(F)F. The van der Waals surface area contributed by atoms with Crippen molar-refractivity contribution in [1.29, 1.82) is 5.26 Å². The number of hydrogen-bond donors (Lipinski definition) is 2. The van der Waals surface area contributed by atoms with Gasteiger partial charge in [0.25, 0.3) is 5.91 Å². The van der Waals surface area contributed by atoms with E-state index in [-0.39, 0.29) is 40.5 Å². The molecule has 14 heteroatoms. The Morgan fingerprint density at radius 1 is 1.22 bits per heavy atom. The van der Waals surface area contributed by atoms with Gasteiger partial charge in [-0.2, -0.15) is 33.7 Å². The first kappa shape index (κ1) is 24.4. The molecule has 2 fully saturated rings. The molecule has 5 rings (SSSR count). The third-order valence-corrected chi connectivity index (χ3v) is 6.93. The minimum Gasteiger partial charge on any atom is -0.356 e. The van der Waals surface area contributed by atoms with Gasteiger partial charge >= 0.3 is 6.18 Å². The van der Waals surface area contributed by atoms with Gasteiger partial charge in [0, 0.05) is 12.5 Å². The highest BCUT2D eigenvalue weighted by Gasteiger charge is 2.46. The summed E-state index contributed by atoms with van der Waals surface area (Å²) in [4.78, 5) is 30.8. The molecule has 2 amide bonds. The van der Waals surface area contributed by atoms with Gasteiger partial charge in [-0.25, -0.2) is 4.98 Å². The Morgan fingerprint density at radius 2 is 1.97 bits per heavy atom. The van der Waals surface area contributed by atoms with E-state index in [0.29, 0.717) is 32.2 Å². The average Bonchev–Trinajstić information content (AvgIpc) is 3.55. The zero-order valence-electron chi connectivity index (χ0n) is 19.7. The van der Waals surface area contributed by atoms with Crippen LogP contribution < -0.4 is 10.6 Å². The Hall–Kier alpha value is -4.28. The molecule has 0 radical (unpaired) electrons. The van der Waals surface area contributed by atoms with Crippen molar-refractivity contribution < 1.29 is 22.8 Å². The predicted molar refractivity (Wildman–Crippen MR) is 121 cm³/mol. The van der Waals surface area contributed by atoms with Crippen molar-refractivity contribution in [3.8, 4) is 11.9 Å². The minimum absolute atomic E-state index is 0.0210. The maximum absolute atomic E-state index is 14.3. The average molecular weight is 513 g/mol. The molecule has 11 nitrogen and oxygen atoms in total. The molecule has 3 atom stereocenters. The topological polar surface area (TPSA) is 143 Å². The molecule has 37 heavy (non-hydrogen) atoms. The van der Waals surface area contributed by atoms with Crippen molar-refractivity contribution in [3.05, 3.63) is 47.2 Å². The van der Waals surface area contributed by atoms with Crippen molar-refractivity contribution in [2.75, 3.05) is 11.9 Å². The number of carbonyl (C=O) groups excluding carboxylic acids is 2. The van der Waals surface area contributed by atoms with Crippen LogP contribution in [0.4, 0.5) is 18.9 Å². The van der Waals surface area contributed by atoms with Crippen LogP contribution in [0.15, 0.2) is 24.7 Å². The smallest absolute Gasteiger partial charge is 0.356 e. The second-order valence-corrected chi connectivity index (χ2v) is 9.07. The number of aryl methyl sites for hydroxylation is 1. The van der Waals surface area contributed by atoms with Crippen molar-refractivity contribution in [1.82, 2.24) is 35.1 Å². The molecule has 1 saturated heterocycles. The van der Waals surface area contributed by atoms with Gasteiger partial charge in [-0.1, -0.05) is 6.42 Å². The molecule has 0 bridgehead atoms. The number of aromatic nitrogens is 6. The Labute approximate surface area is 208 Å². The van der Waals surface area contributed by atoms with E-state index in [9.17, 15) is 28.0 Å². The molecule has 1 saturated carbocycles. The molecule has 0 spiro atoms. The van der Waals surface area contributed by atoms with Crippen LogP contribution in [0.2, 0.25) is 0 Å². The lowest BCUT2D eigenvalue weighted by atomic mass is 9.72. The molecule has 3 aromatic rings. The molecular formula is C23H22F3N9O2. The summed E-state index contributed by atoms with van der Waals surface area (Å²) in [6.45, 7) is 1.93. The van der Waals surface area contributed by atoms with E-state index in [2.05, 4.69) is 30.9 Å². The van der Waals surface area contributed by atoms with Crippen molar-refractivity contribution in [3.63, 3.8) is 0 Å². The van der Waals surface area contributed by atoms with Gasteiger partial charge in [0.05, 0.1) is 41.6 Å². The lowest BCUT2D eigenvalue weighted by molar-refractivity contribution is -0.147. The van der Waals surface area contributed by atoms with E-state index in [0.717, 1.165) is 15.7 Å². The highest BCUT2D eigenvalue weighted by Crippen LogP contribution is 2.44. The summed E-state index contributed by atoms with van der Waals surface area (Å²) >= 11 is 0. The van der Waals surface area contributed by atoms with Gasteiger partial charge in [-0.05, 0) is 38.2 Å². The quantitative estimate of drug-likeness (QED) is 0.546. The molecular weight excluding hydrogens is 491 g/mol. The minimum atomic E-state index is -4.87. The van der Waals surface area contributed by atoms with E-state index >= 15 is 0 Å². The zero-order chi connectivity index (χ0) is 26.3. The van der Waals surface area contributed by atoms with Gasteiger partial charge in [-0.15, -0.1) is 4.80 Å². The van der Waals surface area contributed by atoms with E-state index in [1.54, 1.807) is 0 Å². The molecule has 1 aliphatic carbocycles. The Balaban J connectivity index is 1.49. The van der Waals surface area contributed by atoms with E-state index < -0.39 is 29.4 Å². The predicted octanol–water partition coefficient (Wildman–Crippen LogP) is 2.79. The number of piperidine rings is 1. The standard InChI is InChI=1S/C23H22F3N9O2/c1-12-17(9-13(10-27)20(32-12)35-29-7-8-30-35)33-22(37)16-11-31-34(19(16)23(24,25)26)18-4-2-3-15-14(18)5-6-28-21(15)36/h7-9,11,14-15,18H,2-6H2,1H3,(H,28,36)(H,33,37). The monoisotopic (exact) mass is 513 g/mol. The van der Waals surface area contributed by atoms with Crippen molar-refractivity contribution >= 4 is 17.5 Å². The van der Waals surface area contributed by atoms with Gasteiger partial charge in [0.15, 0.2) is 11.5 Å². The first-order chi connectivity index (χ1) is 17.7. The number of carbonyl (C=O) groups is 2. The molecule has 3 aromatic heterocycles.